The van der Waals surface area contributed by atoms with E-state index in [-0.39, 0.29) is 12.0 Å². The number of likely N-dealkylation sites (tertiary alicyclic amines) is 1. The molecule has 1 amide bonds. The summed E-state index contributed by atoms with van der Waals surface area (Å²) in [4.78, 5) is 13.9. The van der Waals surface area contributed by atoms with E-state index in [2.05, 4.69) is 29.8 Å². The Morgan fingerprint density at radius 1 is 1.53 bits per heavy atom. The lowest BCUT2D eigenvalue weighted by Gasteiger charge is -2.18. The Morgan fingerprint density at radius 3 is 3.00 bits per heavy atom. The number of rotatable bonds is 4. The number of amides is 1. The van der Waals surface area contributed by atoms with Gasteiger partial charge >= 0.3 is 0 Å². The molecule has 0 radical (unpaired) electrons. The highest BCUT2D eigenvalue weighted by Crippen LogP contribution is 2.22. The Bertz CT molecular complexity index is 448. The number of carbonyl (C=O) groups is 1. The molecule has 1 atom stereocenters. The number of halogens is 1. The number of ether oxygens (including phenoxy) is 1. The number of carbonyl (C=O) groups excluding carboxylic acids is 1. The molecule has 1 unspecified atom stereocenters. The number of benzene rings is 1. The first-order valence-electron chi connectivity index (χ1n) is 6.74. The Labute approximate surface area is 123 Å². The van der Waals surface area contributed by atoms with Crippen LogP contribution < -0.4 is 4.74 Å². The highest BCUT2D eigenvalue weighted by molar-refractivity contribution is 9.10. The fourth-order valence-electron chi connectivity index (χ4n) is 2.26. The molecule has 0 spiro atoms. The Hall–Kier alpha value is -1.03. The third-order valence-electron chi connectivity index (χ3n) is 3.18. The van der Waals surface area contributed by atoms with Gasteiger partial charge in [-0.05, 0) is 24.1 Å². The number of hydrogen-bond donors (Lipinski definition) is 0. The predicted molar refractivity (Wildman–Crippen MR) is 79.2 cm³/mol. The van der Waals surface area contributed by atoms with Crippen molar-refractivity contribution in [3.05, 3.63) is 28.7 Å². The fraction of sp³-hybridized carbons (Fsp3) is 0.533. The molecule has 1 aromatic rings. The monoisotopic (exact) mass is 325 g/mol. The quantitative estimate of drug-likeness (QED) is 0.848. The van der Waals surface area contributed by atoms with Gasteiger partial charge in [0.1, 0.15) is 11.9 Å². The van der Waals surface area contributed by atoms with Crippen molar-refractivity contribution in [3.63, 3.8) is 0 Å². The second-order valence-corrected chi connectivity index (χ2v) is 6.34. The summed E-state index contributed by atoms with van der Waals surface area (Å²) >= 11 is 3.43. The average Bonchev–Trinajstić information content (AvgIpc) is 2.76. The topological polar surface area (TPSA) is 29.5 Å². The van der Waals surface area contributed by atoms with Crippen LogP contribution in [0.3, 0.4) is 0 Å². The predicted octanol–water partition coefficient (Wildman–Crippen LogP) is 3.47. The molecule has 104 valence electrons. The zero-order valence-electron chi connectivity index (χ0n) is 11.4. The Morgan fingerprint density at radius 2 is 2.32 bits per heavy atom. The van der Waals surface area contributed by atoms with Gasteiger partial charge in [0.25, 0.3) is 0 Å². The summed E-state index contributed by atoms with van der Waals surface area (Å²) in [5.74, 6) is 1.52. The van der Waals surface area contributed by atoms with Crippen molar-refractivity contribution in [2.75, 3.05) is 13.1 Å². The van der Waals surface area contributed by atoms with Gasteiger partial charge in [0.05, 0.1) is 6.54 Å². The molecule has 4 heteroatoms. The minimum absolute atomic E-state index is 0.116. The maximum absolute atomic E-state index is 12.0. The van der Waals surface area contributed by atoms with Crippen LogP contribution in [0.5, 0.6) is 5.75 Å². The maximum atomic E-state index is 12.0. The van der Waals surface area contributed by atoms with Crippen molar-refractivity contribution in [2.24, 2.45) is 5.92 Å². The molecule has 1 aliphatic heterocycles. The first-order valence-corrected chi connectivity index (χ1v) is 7.54. The highest BCUT2D eigenvalue weighted by atomic mass is 79.9. The largest absolute Gasteiger partial charge is 0.488 e. The van der Waals surface area contributed by atoms with E-state index < -0.39 is 0 Å². The smallest absolute Gasteiger partial charge is 0.222 e. The Balaban J connectivity index is 1.87. The van der Waals surface area contributed by atoms with Crippen LogP contribution in [0.1, 0.15) is 26.7 Å². The molecule has 2 rings (SSSR count). The van der Waals surface area contributed by atoms with Gasteiger partial charge in [-0.2, -0.15) is 0 Å². The van der Waals surface area contributed by atoms with E-state index in [1.807, 2.05) is 29.2 Å². The fourth-order valence-corrected chi connectivity index (χ4v) is 2.64. The first kappa shape index (κ1) is 14.4. The molecule has 1 saturated heterocycles. The lowest BCUT2D eigenvalue weighted by Crippen LogP contribution is -2.31. The van der Waals surface area contributed by atoms with Crippen LogP contribution in [0.2, 0.25) is 0 Å². The van der Waals surface area contributed by atoms with Gasteiger partial charge in [-0.1, -0.05) is 35.8 Å². The summed E-state index contributed by atoms with van der Waals surface area (Å²) in [6.45, 7) is 5.66. The zero-order valence-corrected chi connectivity index (χ0v) is 13.0. The molecule has 0 bridgehead atoms. The van der Waals surface area contributed by atoms with Gasteiger partial charge < -0.3 is 9.64 Å². The molecule has 0 N–H and O–H groups in total. The third-order valence-corrected chi connectivity index (χ3v) is 3.67. The van der Waals surface area contributed by atoms with Crippen molar-refractivity contribution in [2.45, 2.75) is 32.8 Å². The van der Waals surface area contributed by atoms with Crippen LogP contribution >= 0.6 is 15.9 Å². The minimum Gasteiger partial charge on any atom is -0.488 e. The lowest BCUT2D eigenvalue weighted by atomic mass is 10.1. The van der Waals surface area contributed by atoms with E-state index >= 15 is 0 Å². The lowest BCUT2D eigenvalue weighted by molar-refractivity contribution is -0.131. The van der Waals surface area contributed by atoms with E-state index in [1.54, 1.807) is 0 Å². The van der Waals surface area contributed by atoms with Crippen LogP contribution in [-0.4, -0.2) is 30.0 Å². The van der Waals surface area contributed by atoms with Gasteiger partial charge in [0, 0.05) is 23.9 Å². The van der Waals surface area contributed by atoms with Gasteiger partial charge in [-0.25, -0.2) is 0 Å². The number of hydrogen-bond acceptors (Lipinski definition) is 2. The van der Waals surface area contributed by atoms with Crippen molar-refractivity contribution in [3.8, 4) is 5.75 Å². The first-order chi connectivity index (χ1) is 9.04. The molecule has 0 aliphatic carbocycles. The summed E-state index contributed by atoms with van der Waals surface area (Å²) in [6.07, 6.45) is 1.66. The van der Waals surface area contributed by atoms with Gasteiger partial charge in [-0.15, -0.1) is 0 Å². The van der Waals surface area contributed by atoms with E-state index in [0.29, 0.717) is 18.9 Å². The normalized spacial score (nSPS) is 18.9. The average molecular weight is 326 g/mol. The Kier molecular flexibility index (Phi) is 4.86. The van der Waals surface area contributed by atoms with Gasteiger partial charge in [-0.3, -0.25) is 4.79 Å². The third kappa shape index (κ3) is 4.23. The molecule has 1 aliphatic rings. The van der Waals surface area contributed by atoms with Gasteiger partial charge in [0.15, 0.2) is 0 Å². The molecule has 0 saturated carbocycles. The minimum atomic E-state index is 0.116. The van der Waals surface area contributed by atoms with Crippen LogP contribution in [0.4, 0.5) is 0 Å². The molecule has 1 heterocycles. The second-order valence-electron chi connectivity index (χ2n) is 5.42. The van der Waals surface area contributed by atoms with E-state index in [1.165, 1.54) is 0 Å². The van der Waals surface area contributed by atoms with Crippen LogP contribution in [0, 0.1) is 5.92 Å². The van der Waals surface area contributed by atoms with Crippen molar-refractivity contribution in [1.82, 2.24) is 4.90 Å². The van der Waals surface area contributed by atoms with Gasteiger partial charge in [0.2, 0.25) is 5.91 Å². The van der Waals surface area contributed by atoms with Crippen molar-refractivity contribution < 1.29 is 9.53 Å². The van der Waals surface area contributed by atoms with E-state index in [9.17, 15) is 4.79 Å². The molecular formula is C15H20BrNO2. The SMILES string of the molecule is CC(C)CC(=O)N1CCC(Oc2cccc(Br)c2)C1. The molecule has 1 fully saturated rings. The summed E-state index contributed by atoms with van der Waals surface area (Å²) < 4.78 is 6.93. The summed E-state index contributed by atoms with van der Waals surface area (Å²) in [6, 6.07) is 7.83. The standard InChI is InChI=1S/C15H20BrNO2/c1-11(2)8-15(18)17-7-6-14(10-17)19-13-5-3-4-12(16)9-13/h3-5,9,11,14H,6-8,10H2,1-2H3. The van der Waals surface area contributed by atoms with E-state index in [4.69, 9.17) is 4.74 Å². The number of nitrogens with zero attached hydrogens (tertiary/aromatic N) is 1. The van der Waals surface area contributed by atoms with Crippen molar-refractivity contribution in [1.29, 1.82) is 0 Å². The molecule has 19 heavy (non-hydrogen) atoms. The molecule has 1 aromatic carbocycles. The summed E-state index contributed by atoms with van der Waals surface area (Å²) in [7, 11) is 0. The highest BCUT2D eigenvalue weighted by Gasteiger charge is 2.27. The second kappa shape index (κ2) is 6.42. The van der Waals surface area contributed by atoms with Crippen LogP contribution in [0.25, 0.3) is 0 Å². The zero-order chi connectivity index (χ0) is 13.8. The molecule has 0 aromatic heterocycles. The van der Waals surface area contributed by atoms with Crippen LogP contribution in [0.15, 0.2) is 28.7 Å². The molecular weight excluding hydrogens is 306 g/mol. The summed E-state index contributed by atoms with van der Waals surface area (Å²) in [5, 5.41) is 0. The van der Waals surface area contributed by atoms with Crippen molar-refractivity contribution >= 4 is 21.8 Å². The van der Waals surface area contributed by atoms with E-state index in [0.717, 1.165) is 23.2 Å². The summed E-state index contributed by atoms with van der Waals surface area (Å²) in [5.41, 5.74) is 0. The molecule has 3 nitrogen and oxygen atoms in total. The maximum Gasteiger partial charge on any atom is 0.222 e. The van der Waals surface area contributed by atoms with Crippen LogP contribution in [-0.2, 0) is 4.79 Å².